The Morgan fingerprint density at radius 2 is 2.26 bits per heavy atom. The van der Waals surface area contributed by atoms with Crippen LogP contribution in [0.4, 0.5) is 10.5 Å². The van der Waals surface area contributed by atoms with Crippen LogP contribution < -0.4 is 5.32 Å². The van der Waals surface area contributed by atoms with Crippen molar-refractivity contribution in [2.45, 2.75) is 13.5 Å². The van der Waals surface area contributed by atoms with E-state index < -0.39 is 0 Å². The standard InChI is InChI=1S/C13H14ClN3O2/c1-9-6-12(16-19-9)8-17(2)13(18)15-11-5-3-4-10(14)7-11/h3-7H,8H2,1-2H3,(H,15,18). The Bertz CT molecular complexity index is 583. The first-order chi connectivity index (χ1) is 9.04. The Hall–Kier alpha value is -2.01. The van der Waals surface area contributed by atoms with Crippen molar-refractivity contribution in [2.75, 3.05) is 12.4 Å². The summed E-state index contributed by atoms with van der Waals surface area (Å²) in [5, 5.41) is 7.17. The molecule has 0 unspecified atom stereocenters. The monoisotopic (exact) mass is 279 g/mol. The maximum Gasteiger partial charge on any atom is 0.321 e. The molecule has 1 N–H and O–H groups in total. The number of aryl methyl sites for hydroxylation is 1. The van der Waals surface area contributed by atoms with Gasteiger partial charge in [0, 0.05) is 23.8 Å². The van der Waals surface area contributed by atoms with E-state index in [0.717, 1.165) is 5.76 Å². The molecule has 0 saturated heterocycles. The molecule has 5 nitrogen and oxygen atoms in total. The molecule has 2 amide bonds. The minimum Gasteiger partial charge on any atom is -0.361 e. The molecule has 0 bridgehead atoms. The van der Waals surface area contributed by atoms with Crippen LogP contribution in [-0.2, 0) is 6.54 Å². The molecule has 0 fully saturated rings. The third-order valence-corrected chi connectivity index (χ3v) is 2.73. The smallest absolute Gasteiger partial charge is 0.321 e. The summed E-state index contributed by atoms with van der Waals surface area (Å²) in [4.78, 5) is 13.5. The van der Waals surface area contributed by atoms with E-state index in [0.29, 0.717) is 22.9 Å². The zero-order chi connectivity index (χ0) is 13.8. The highest BCUT2D eigenvalue weighted by molar-refractivity contribution is 6.30. The largest absolute Gasteiger partial charge is 0.361 e. The lowest BCUT2D eigenvalue weighted by atomic mass is 10.3. The molecular weight excluding hydrogens is 266 g/mol. The molecule has 0 saturated carbocycles. The summed E-state index contributed by atoms with van der Waals surface area (Å²) in [6.45, 7) is 2.19. The normalized spacial score (nSPS) is 10.3. The molecule has 2 aromatic rings. The maximum atomic E-state index is 11.9. The Balaban J connectivity index is 1.96. The van der Waals surface area contributed by atoms with E-state index in [1.54, 1.807) is 37.4 Å². The second-order valence-corrected chi connectivity index (χ2v) is 4.66. The Labute approximate surface area is 116 Å². The number of carbonyl (C=O) groups excluding carboxylic acids is 1. The van der Waals surface area contributed by atoms with Crippen LogP contribution in [0.5, 0.6) is 0 Å². The first-order valence-corrected chi connectivity index (χ1v) is 6.12. The van der Waals surface area contributed by atoms with E-state index >= 15 is 0 Å². The van der Waals surface area contributed by atoms with E-state index in [1.807, 2.05) is 6.92 Å². The van der Waals surface area contributed by atoms with E-state index in [9.17, 15) is 4.79 Å². The van der Waals surface area contributed by atoms with Crippen LogP contribution in [0.1, 0.15) is 11.5 Å². The van der Waals surface area contributed by atoms with Crippen molar-refractivity contribution in [3.8, 4) is 0 Å². The SMILES string of the molecule is Cc1cc(CN(C)C(=O)Nc2cccc(Cl)c2)no1. The molecule has 1 aromatic carbocycles. The van der Waals surface area contributed by atoms with Crippen LogP contribution in [0.3, 0.4) is 0 Å². The average Bonchev–Trinajstić information content (AvgIpc) is 2.74. The van der Waals surface area contributed by atoms with Crippen LogP contribution in [0.2, 0.25) is 5.02 Å². The molecule has 0 atom stereocenters. The number of carbonyl (C=O) groups is 1. The highest BCUT2D eigenvalue weighted by Gasteiger charge is 2.11. The number of anilines is 1. The van der Waals surface area contributed by atoms with Gasteiger partial charge in [-0.1, -0.05) is 22.8 Å². The summed E-state index contributed by atoms with van der Waals surface area (Å²) in [5.41, 5.74) is 1.36. The molecule has 1 heterocycles. The fourth-order valence-electron chi connectivity index (χ4n) is 1.59. The van der Waals surface area contributed by atoms with Crippen LogP contribution in [0, 0.1) is 6.92 Å². The number of urea groups is 1. The van der Waals surface area contributed by atoms with E-state index in [1.165, 1.54) is 4.90 Å². The van der Waals surface area contributed by atoms with Gasteiger partial charge in [-0.05, 0) is 25.1 Å². The first-order valence-electron chi connectivity index (χ1n) is 5.74. The fraction of sp³-hybridized carbons (Fsp3) is 0.231. The quantitative estimate of drug-likeness (QED) is 0.938. The second-order valence-electron chi connectivity index (χ2n) is 4.23. The Morgan fingerprint density at radius 3 is 2.89 bits per heavy atom. The van der Waals surface area contributed by atoms with Gasteiger partial charge in [0.05, 0.1) is 6.54 Å². The number of halogens is 1. The van der Waals surface area contributed by atoms with Gasteiger partial charge < -0.3 is 14.7 Å². The molecule has 19 heavy (non-hydrogen) atoms. The van der Waals surface area contributed by atoms with E-state index in [4.69, 9.17) is 16.1 Å². The van der Waals surface area contributed by atoms with Gasteiger partial charge >= 0.3 is 6.03 Å². The lowest BCUT2D eigenvalue weighted by Gasteiger charge is -2.16. The summed E-state index contributed by atoms with van der Waals surface area (Å²) in [7, 11) is 1.68. The molecule has 0 aliphatic rings. The first kappa shape index (κ1) is 13.4. The lowest BCUT2D eigenvalue weighted by Crippen LogP contribution is -2.30. The van der Waals surface area contributed by atoms with E-state index in [2.05, 4.69) is 10.5 Å². The number of rotatable bonds is 3. The third-order valence-electron chi connectivity index (χ3n) is 2.50. The van der Waals surface area contributed by atoms with Crippen molar-refractivity contribution in [3.05, 3.63) is 46.8 Å². The molecule has 0 radical (unpaired) electrons. The Morgan fingerprint density at radius 1 is 1.47 bits per heavy atom. The van der Waals surface area contributed by atoms with Gasteiger partial charge in [-0.3, -0.25) is 0 Å². The van der Waals surface area contributed by atoms with Crippen molar-refractivity contribution in [1.82, 2.24) is 10.1 Å². The molecule has 1 aromatic heterocycles. The van der Waals surface area contributed by atoms with Crippen LogP contribution >= 0.6 is 11.6 Å². The zero-order valence-corrected chi connectivity index (χ0v) is 11.4. The highest BCUT2D eigenvalue weighted by Crippen LogP contribution is 2.15. The average molecular weight is 280 g/mol. The number of amides is 2. The van der Waals surface area contributed by atoms with Crippen molar-refractivity contribution >= 4 is 23.3 Å². The number of hydrogen-bond donors (Lipinski definition) is 1. The summed E-state index contributed by atoms with van der Waals surface area (Å²) in [6, 6.07) is 8.55. The lowest BCUT2D eigenvalue weighted by molar-refractivity contribution is 0.219. The predicted octanol–water partition coefficient (Wildman–Crippen LogP) is 3.30. The molecule has 2 rings (SSSR count). The Kier molecular flexibility index (Phi) is 4.06. The van der Waals surface area contributed by atoms with Gasteiger partial charge in [0.15, 0.2) is 0 Å². The van der Waals surface area contributed by atoms with Gasteiger partial charge in [0.2, 0.25) is 0 Å². The minimum atomic E-state index is -0.233. The van der Waals surface area contributed by atoms with Gasteiger partial charge in [-0.2, -0.15) is 0 Å². The predicted molar refractivity (Wildman–Crippen MR) is 73.2 cm³/mol. The summed E-state index contributed by atoms with van der Waals surface area (Å²) in [5.74, 6) is 0.721. The van der Waals surface area contributed by atoms with E-state index in [-0.39, 0.29) is 6.03 Å². The van der Waals surface area contributed by atoms with Crippen molar-refractivity contribution in [3.63, 3.8) is 0 Å². The molecule has 0 spiro atoms. The molecular formula is C13H14ClN3O2. The van der Waals surface area contributed by atoms with Crippen molar-refractivity contribution < 1.29 is 9.32 Å². The maximum absolute atomic E-state index is 11.9. The van der Waals surface area contributed by atoms with Crippen molar-refractivity contribution in [1.29, 1.82) is 0 Å². The van der Waals surface area contributed by atoms with Gasteiger partial charge in [-0.15, -0.1) is 0 Å². The second kappa shape index (κ2) is 5.75. The minimum absolute atomic E-state index is 0.233. The number of benzene rings is 1. The third kappa shape index (κ3) is 3.72. The van der Waals surface area contributed by atoms with Gasteiger partial charge in [0.25, 0.3) is 0 Å². The van der Waals surface area contributed by atoms with Gasteiger partial charge in [0.1, 0.15) is 11.5 Å². The van der Waals surface area contributed by atoms with Gasteiger partial charge in [-0.25, -0.2) is 4.79 Å². The van der Waals surface area contributed by atoms with Crippen LogP contribution in [0.25, 0.3) is 0 Å². The molecule has 0 aliphatic carbocycles. The summed E-state index contributed by atoms with van der Waals surface area (Å²) < 4.78 is 4.95. The summed E-state index contributed by atoms with van der Waals surface area (Å²) >= 11 is 5.85. The summed E-state index contributed by atoms with van der Waals surface area (Å²) in [6.07, 6.45) is 0. The zero-order valence-electron chi connectivity index (χ0n) is 10.7. The number of nitrogens with one attached hydrogen (secondary N) is 1. The number of nitrogens with zero attached hydrogens (tertiary/aromatic N) is 2. The molecule has 0 aliphatic heterocycles. The number of hydrogen-bond acceptors (Lipinski definition) is 3. The molecule has 6 heteroatoms. The van der Waals surface area contributed by atoms with Crippen molar-refractivity contribution in [2.24, 2.45) is 0 Å². The van der Waals surface area contributed by atoms with Crippen LogP contribution in [-0.4, -0.2) is 23.1 Å². The molecule has 100 valence electrons. The topological polar surface area (TPSA) is 58.4 Å². The fourth-order valence-corrected chi connectivity index (χ4v) is 1.78. The highest BCUT2D eigenvalue weighted by atomic mass is 35.5. The van der Waals surface area contributed by atoms with Crippen LogP contribution in [0.15, 0.2) is 34.9 Å². The number of aromatic nitrogens is 1.